The average Bonchev–Trinajstić information content (AvgIpc) is 3.33. The molecule has 2 aliphatic rings. The zero-order valence-electron chi connectivity index (χ0n) is 19.0. The molecule has 0 spiro atoms. The van der Waals surface area contributed by atoms with Crippen molar-refractivity contribution in [3.05, 3.63) is 78.0 Å². The lowest BCUT2D eigenvalue weighted by Gasteiger charge is -2.23. The number of nitrogens with zero attached hydrogens (tertiary/aromatic N) is 2. The monoisotopic (exact) mass is 401 g/mol. The van der Waals surface area contributed by atoms with Gasteiger partial charge in [0.05, 0.1) is 5.41 Å². The van der Waals surface area contributed by atoms with Gasteiger partial charge in [-0.15, -0.1) is 0 Å². The SMILES string of the molecule is CN(C)/C=C/C1=[N+](CCCC2CCCC2)c2ccccc2C1(C)Cc1ccccc1. The Hall–Kier alpha value is -2.35. The van der Waals surface area contributed by atoms with Gasteiger partial charge in [-0.3, -0.25) is 0 Å². The molecule has 0 aromatic heterocycles. The van der Waals surface area contributed by atoms with Gasteiger partial charge in [0.2, 0.25) is 5.69 Å². The second-order valence-electron chi connectivity index (χ2n) is 9.62. The lowest BCUT2D eigenvalue weighted by Crippen LogP contribution is -2.34. The van der Waals surface area contributed by atoms with Gasteiger partial charge in [0, 0.05) is 44.4 Å². The molecular formula is C28H37N2+. The Morgan fingerprint density at radius 3 is 2.43 bits per heavy atom. The van der Waals surface area contributed by atoms with Gasteiger partial charge in [0.15, 0.2) is 5.71 Å². The molecule has 0 radical (unpaired) electrons. The molecule has 1 saturated carbocycles. The first-order valence-corrected chi connectivity index (χ1v) is 11.7. The van der Waals surface area contributed by atoms with Crippen LogP contribution in [0, 0.1) is 5.92 Å². The van der Waals surface area contributed by atoms with Gasteiger partial charge in [0.1, 0.15) is 6.54 Å². The highest BCUT2D eigenvalue weighted by atomic mass is 15.1. The summed E-state index contributed by atoms with van der Waals surface area (Å²) >= 11 is 0. The molecular weight excluding hydrogens is 364 g/mol. The van der Waals surface area contributed by atoms with Crippen LogP contribution in [0.4, 0.5) is 5.69 Å². The Kier molecular flexibility index (Phi) is 6.41. The van der Waals surface area contributed by atoms with Gasteiger partial charge in [-0.05, 0) is 31.2 Å². The van der Waals surface area contributed by atoms with Gasteiger partial charge in [-0.1, -0.05) is 74.2 Å². The van der Waals surface area contributed by atoms with Crippen LogP contribution >= 0.6 is 0 Å². The molecule has 1 unspecified atom stereocenters. The van der Waals surface area contributed by atoms with E-state index in [2.05, 4.69) is 97.4 Å². The fraction of sp³-hybridized carbons (Fsp3) is 0.464. The molecule has 2 heteroatoms. The van der Waals surface area contributed by atoms with E-state index in [-0.39, 0.29) is 5.41 Å². The van der Waals surface area contributed by atoms with Crippen molar-refractivity contribution < 1.29 is 4.58 Å². The fourth-order valence-electron chi connectivity index (χ4n) is 5.50. The Labute approximate surface area is 182 Å². The molecule has 2 aromatic rings. The van der Waals surface area contributed by atoms with Gasteiger partial charge < -0.3 is 4.90 Å². The maximum Gasteiger partial charge on any atom is 0.209 e. The van der Waals surface area contributed by atoms with E-state index in [9.17, 15) is 0 Å². The molecule has 2 nitrogen and oxygen atoms in total. The second-order valence-corrected chi connectivity index (χ2v) is 9.62. The first kappa shape index (κ1) is 20.9. The molecule has 30 heavy (non-hydrogen) atoms. The predicted molar refractivity (Wildman–Crippen MR) is 128 cm³/mol. The maximum atomic E-state index is 2.62. The normalized spacial score (nSPS) is 21.6. The van der Waals surface area contributed by atoms with Crippen LogP contribution in [0.25, 0.3) is 0 Å². The number of rotatable bonds is 8. The predicted octanol–water partition coefficient (Wildman–Crippen LogP) is 6.33. The number of benzene rings is 2. The number of hydrogen-bond acceptors (Lipinski definition) is 1. The van der Waals surface area contributed by atoms with Crippen LogP contribution in [-0.4, -0.2) is 35.8 Å². The van der Waals surface area contributed by atoms with Crippen LogP contribution in [0.15, 0.2) is 66.9 Å². The zero-order chi connectivity index (χ0) is 21.0. The highest BCUT2D eigenvalue weighted by Gasteiger charge is 2.47. The highest BCUT2D eigenvalue weighted by Crippen LogP contribution is 2.42. The summed E-state index contributed by atoms with van der Waals surface area (Å²) in [6, 6.07) is 20.0. The fourth-order valence-corrected chi connectivity index (χ4v) is 5.50. The summed E-state index contributed by atoms with van der Waals surface area (Å²) in [5.74, 6) is 0.958. The van der Waals surface area contributed by atoms with Gasteiger partial charge >= 0.3 is 0 Å². The molecule has 158 valence electrons. The van der Waals surface area contributed by atoms with Crippen LogP contribution in [0.5, 0.6) is 0 Å². The molecule has 1 fully saturated rings. The molecule has 0 amide bonds. The summed E-state index contributed by atoms with van der Waals surface area (Å²) in [5, 5.41) is 0. The van der Waals surface area contributed by atoms with Crippen LogP contribution in [0.1, 0.15) is 56.6 Å². The minimum Gasteiger partial charge on any atom is -0.383 e. The van der Waals surface area contributed by atoms with E-state index in [1.54, 1.807) is 0 Å². The van der Waals surface area contributed by atoms with Crippen molar-refractivity contribution in [3.63, 3.8) is 0 Å². The summed E-state index contributed by atoms with van der Waals surface area (Å²) in [7, 11) is 4.22. The van der Waals surface area contributed by atoms with Crippen molar-refractivity contribution in [1.29, 1.82) is 0 Å². The lowest BCUT2D eigenvalue weighted by molar-refractivity contribution is -0.438. The maximum absolute atomic E-state index is 2.62. The summed E-state index contributed by atoms with van der Waals surface area (Å²) in [6.45, 7) is 3.55. The zero-order valence-corrected chi connectivity index (χ0v) is 19.0. The van der Waals surface area contributed by atoms with Crippen molar-refractivity contribution >= 4 is 11.4 Å². The Morgan fingerprint density at radius 1 is 1.00 bits per heavy atom. The smallest absolute Gasteiger partial charge is 0.209 e. The lowest BCUT2D eigenvalue weighted by atomic mass is 9.74. The van der Waals surface area contributed by atoms with Gasteiger partial charge in [-0.2, -0.15) is 4.58 Å². The minimum atomic E-state index is -0.0161. The second kappa shape index (κ2) is 9.20. The number of hydrogen-bond donors (Lipinski definition) is 0. The van der Waals surface area contributed by atoms with Crippen LogP contribution in [0.2, 0.25) is 0 Å². The van der Waals surface area contributed by atoms with Crippen molar-refractivity contribution in [1.82, 2.24) is 4.90 Å². The van der Waals surface area contributed by atoms with Crippen molar-refractivity contribution in [2.24, 2.45) is 5.92 Å². The van der Waals surface area contributed by atoms with E-state index >= 15 is 0 Å². The Balaban J connectivity index is 1.69. The number of allylic oxidation sites excluding steroid dienone is 1. The quantitative estimate of drug-likeness (QED) is 0.468. The molecule has 0 saturated heterocycles. The Morgan fingerprint density at radius 2 is 1.70 bits per heavy atom. The van der Waals surface area contributed by atoms with Crippen molar-refractivity contribution in [3.8, 4) is 0 Å². The molecule has 0 N–H and O–H groups in total. The van der Waals surface area contributed by atoms with E-state index in [4.69, 9.17) is 0 Å². The third-order valence-corrected chi connectivity index (χ3v) is 7.05. The topological polar surface area (TPSA) is 6.25 Å². The third kappa shape index (κ3) is 4.38. The standard InChI is InChI=1S/C28H37N2/c1-28(22-24-14-5-4-6-15-24)25-17-9-10-18-26(25)30(27(28)19-21-29(2)3)20-11-16-23-12-7-8-13-23/h4-6,9-10,14-15,17-19,21,23H,7-8,11-13,16,20,22H2,1-3H3/q+1. The van der Waals surface area contributed by atoms with Crippen LogP contribution in [0.3, 0.4) is 0 Å². The highest BCUT2D eigenvalue weighted by molar-refractivity contribution is 6.03. The van der Waals surface area contributed by atoms with E-state index in [0.29, 0.717) is 0 Å². The summed E-state index contributed by atoms with van der Waals surface area (Å²) in [6.07, 6.45) is 14.0. The first-order chi connectivity index (χ1) is 14.6. The molecule has 1 aliphatic carbocycles. The molecule has 0 bridgehead atoms. The van der Waals surface area contributed by atoms with E-state index in [1.807, 2.05) is 0 Å². The molecule has 2 aromatic carbocycles. The molecule has 1 atom stereocenters. The number of para-hydroxylation sites is 1. The number of fused-ring (bicyclic) bond motifs is 1. The summed E-state index contributed by atoms with van der Waals surface area (Å²) < 4.78 is 2.62. The summed E-state index contributed by atoms with van der Waals surface area (Å²) in [5.41, 5.74) is 5.69. The molecule has 1 aliphatic heterocycles. The first-order valence-electron chi connectivity index (χ1n) is 11.7. The van der Waals surface area contributed by atoms with Crippen molar-refractivity contribution in [2.45, 2.75) is 57.3 Å². The minimum absolute atomic E-state index is 0.0161. The van der Waals surface area contributed by atoms with Crippen molar-refractivity contribution in [2.75, 3.05) is 20.6 Å². The van der Waals surface area contributed by atoms with E-state index < -0.39 is 0 Å². The van der Waals surface area contributed by atoms with Crippen LogP contribution in [-0.2, 0) is 11.8 Å². The molecule has 1 heterocycles. The van der Waals surface area contributed by atoms with Gasteiger partial charge in [0.25, 0.3) is 0 Å². The third-order valence-electron chi connectivity index (χ3n) is 7.05. The van der Waals surface area contributed by atoms with E-state index in [0.717, 1.165) is 18.9 Å². The summed E-state index contributed by atoms with van der Waals surface area (Å²) in [4.78, 5) is 2.15. The van der Waals surface area contributed by atoms with E-state index in [1.165, 1.54) is 61.1 Å². The van der Waals surface area contributed by atoms with Crippen LogP contribution < -0.4 is 0 Å². The Bertz CT molecular complexity index is 903. The average molecular weight is 402 g/mol. The largest absolute Gasteiger partial charge is 0.383 e. The molecule has 4 rings (SSSR count). The van der Waals surface area contributed by atoms with Gasteiger partial charge in [-0.25, -0.2) is 0 Å².